The van der Waals surface area contributed by atoms with Gasteiger partial charge in [-0.15, -0.1) is 5.14 Å². The summed E-state index contributed by atoms with van der Waals surface area (Å²) < 4.78 is 16.7. The van der Waals surface area contributed by atoms with Crippen LogP contribution in [-0.2, 0) is 11.4 Å². The Morgan fingerprint density at radius 1 is 1.53 bits per heavy atom. The maximum atomic E-state index is 11.2. The smallest absolute Gasteiger partial charge is 0.176 e. The largest absolute Gasteiger partial charge is 0.593 e. The first-order valence-electron chi connectivity index (χ1n) is 4.93. The van der Waals surface area contributed by atoms with Crippen LogP contribution in [-0.4, -0.2) is 15.8 Å². The van der Waals surface area contributed by atoms with Gasteiger partial charge in [0.25, 0.3) is 0 Å². The normalized spacial score (nSPS) is 12.3. The fraction of sp³-hybridized carbons (Fsp3) is 0.300. The van der Waals surface area contributed by atoms with E-state index in [1.54, 1.807) is 18.2 Å². The number of thiocarbonyl (C=S) groups is 1. The van der Waals surface area contributed by atoms with Crippen molar-refractivity contribution in [3.8, 4) is 5.75 Å². The fourth-order valence-corrected chi connectivity index (χ4v) is 1.77. The zero-order valence-corrected chi connectivity index (χ0v) is 11.2. The highest BCUT2D eigenvalue weighted by atomic mass is 32.2. The fourth-order valence-electron chi connectivity index (χ4n) is 1.22. The number of ether oxygens (including phenoxy) is 1. The zero-order valence-electron chi connectivity index (χ0n) is 9.60. The van der Waals surface area contributed by atoms with Gasteiger partial charge in [-0.25, -0.2) is 0 Å². The molecule has 0 saturated heterocycles. The number of rotatable bonds is 4. The highest BCUT2D eigenvalue weighted by Gasteiger charge is 2.12. The molecule has 5 N–H and O–H groups in total. The number of hydrogen-bond acceptors (Lipinski definition) is 4. The Hall–Kier alpha value is -1.02. The average Bonchev–Trinajstić information content (AvgIpc) is 2.18. The topological polar surface area (TPSA) is 96.4 Å². The Morgan fingerprint density at radius 2 is 2.18 bits per heavy atom. The van der Waals surface area contributed by atoms with Gasteiger partial charge >= 0.3 is 0 Å². The van der Waals surface area contributed by atoms with E-state index >= 15 is 0 Å². The standard InChI is InChI=1S/C10H15N3O2S2/c1-6(2)15-9-4-3-7(17(12)14)5-8(9)13-10(11)16/h3-6H,12H2,1-2H3,(H3,11,13,16). The van der Waals surface area contributed by atoms with Crippen LogP contribution in [0.1, 0.15) is 13.8 Å². The number of nitrogens with two attached hydrogens (primary N) is 2. The molecule has 0 saturated carbocycles. The van der Waals surface area contributed by atoms with Crippen LogP contribution in [0.15, 0.2) is 23.1 Å². The number of nitrogens with one attached hydrogen (secondary N) is 1. The second-order valence-corrected chi connectivity index (χ2v) is 5.12. The molecule has 0 aliphatic rings. The van der Waals surface area contributed by atoms with Crippen LogP contribution in [0.3, 0.4) is 0 Å². The van der Waals surface area contributed by atoms with E-state index in [9.17, 15) is 4.55 Å². The quantitative estimate of drug-likeness (QED) is 0.562. The van der Waals surface area contributed by atoms with Gasteiger partial charge in [0.1, 0.15) is 5.75 Å². The van der Waals surface area contributed by atoms with Gasteiger partial charge in [-0.3, -0.25) is 0 Å². The minimum atomic E-state index is -1.55. The van der Waals surface area contributed by atoms with E-state index < -0.39 is 11.4 Å². The molecule has 7 heteroatoms. The van der Waals surface area contributed by atoms with Crippen molar-refractivity contribution < 1.29 is 9.29 Å². The van der Waals surface area contributed by atoms with Crippen LogP contribution in [0.25, 0.3) is 0 Å². The summed E-state index contributed by atoms with van der Waals surface area (Å²) in [4.78, 5) is 0.472. The van der Waals surface area contributed by atoms with E-state index in [4.69, 9.17) is 27.8 Å². The molecular weight excluding hydrogens is 258 g/mol. The SMILES string of the molecule is CC(C)Oc1ccc([S+](N)[O-])cc1NC(N)=S. The van der Waals surface area contributed by atoms with Crippen molar-refractivity contribution in [3.63, 3.8) is 0 Å². The molecule has 0 aliphatic heterocycles. The third-order valence-electron chi connectivity index (χ3n) is 1.80. The molecule has 0 bridgehead atoms. The highest BCUT2D eigenvalue weighted by molar-refractivity contribution is 7.89. The molecule has 1 rings (SSSR count). The third-order valence-corrected chi connectivity index (χ3v) is 2.62. The molecule has 0 radical (unpaired) electrons. The first-order valence-corrected chi connectivity index (χ1v) is 6.55. The first-order chi connectivity index (χ1) is 7.90. The summed E-state index contributed by atoms with van der Waals surface area (Å²) >= 11 is 3.21. The predicted molar refractivity (Wildman–Crippen MR) is 73.2 cm³/mol. The molecule has 1 aromatic carbocycles. The summed E-state index contributed by atoms with van der Waals surface area (Å²) in [5, 5.41) is 8.18. The lowest BCUT2D eigenvalue weighted by Crippen LogP contribution is -2.21. The lowest BCUT2D eigenvalue weighted by molar-refractivity contribution is 0.243. The Kier molecular flexibility index (Phi) is 5.01. The Labute approximate surface area is 109 Å². The van der Waals surface area contributed by atoms with Crippen LogP contribution in [0.4, 0.5) is 5.69 Å². The molecule has 0 aliphatic carbocycles. The number of anilines is 1. The number of benzene rings is 1. The lowest BCUT2D eigenvalue weighted by Gasteiger charge is -2.15. The Balaban J connectivity index is 3.07. The molecule has 0 heterocycles. The summed E-state index contributed by atoms with van der Waals surface area (Å²) in [5.74, 6) is 0.585. The summed E-state index contributed by atoms with van der Waals surface area (Å²) in [5.41, 5.74) is 5.97. The molecule has 1 atom stereocenters. The monoisotopic (exact) mass is 273 g/mol. The van der Waals surface area contributed by atoms with Crippen LogP contribution in [0.2, 0.25) is 0 Å². The van der Waals surface area contributed by atoms with Crippen molar-refractivity contribution in [1.29, 1.82) is 0 Å². The second kappa shape index (κ2) is 6.06. The van der Waals surface area contributed by atoms with E-state index in [1.165, 1.54) is 0 Å². The maximum Gasteiger partial charge on any atom is 0.176 e. The summed E-state index contributed by atoms with van der Waals surface area (Å²) in [6, 6.07) is 4.92. The molecule has 94 valence electrons. The molecule has 1 aromatic rings. The van der Waals surface area contributed by atoms with Gasteiger partial charge in [0, 0.05) is 6.07 Å². The first kappa shape index (κ1) is 14.0. The summed E-state index contributed by atoms with van der Waals surface area (Å²) in [6.45, 7) is 3.80. The van der Waals surface area contributed by atoms with Gasteiger partial charge in [0.05, 0.1) is 23.2 Å². The lowest BCUT2D eigenvalue weighted by atomic mass is 10.3. The van der Waals surface area contributed by atoms with Crippen LogP contribution < -0.4 is 20.9 Å². The minimum absolute atomic E-state index is 0.0103. The van der Waals surface area contributed by atoms with Gasteiger partial charge in [-0.1, -0.05) is 0 Å². The van der Waals surface area contributed by atoms with Crippen molar-refractivity contribution in [3.05, 3.63) is 18.2 Å². The second-order valence-electron chi connectivity index (χ2n) is 3.61. The number of hydrogen-bond donors (Lipinski definition) is 3. The molecule has 0 spiro atoms. The summed E-state index contributed by atoms with van der Waals surface area (Å²) in [7, 11) is 0. The van der Waals surface area contributed by atoms with Crippen molar-refractivity contribution in [1.82, 2.24) is 0 Å². The maximum absolute atomic E-state index is 11.2. The molecule has 0 fully saturated rings. The molecule has 0 amide bonds. The van der Waals surface area contributed by atoms with Gasteiger partial charge < -0.3 is 20.3 Å². The molecule has 17 heavy (non-hydrogen) atoms. The predicted octanol–water partition coefficient (Wildman–Crippen LogP) is 1.11. The molecule has 1 unspecified atom stereocenters. The van der Waals surface area contributed by atoms with E-state index in [-0.39, 0.29) is 11.2 Å². The van der Waals surface area contributed by atoms with Crippen molar-refractivity contribution in [2.75, 3.05) is 5.32 Å². The van der Waals surface area contributed by atoms with Gasteiger partial charge in [0.2, 0.25) is 0 Å². The van der Waals surface area contributed by atoms with E-state index in [0.717, 1.165) is 0 Å². The molecule has 5 nitrogen and oxygen atoms in total. The third kappa shape index (κ3) is 4.39. The van der Waals surface area contributed by atoms with Crippen LogP contribution >= 0.6 is 12.2 Å². The van der Waals surface area contributed by atoms with Crippen LogP contribution in [0, 0.1) is 0 Å². The van der Waals surface area contributed by atoms with Crippen molar-refractivity contribution in [2.45, 2.75) is 24.8 Å². The van der Waals surface area contributed by atoms with Gasteiger partial charge in [-0.2, -0.15) is 0 Å². The van der Waals surface area contributed by atoms with Gasteiger partial charge in [-0.05, 0) is 38.2 Å². The Morgan fingerprint density at radius 3 is 2.65 bits per heavy atom. The summed E-state index contributed by atoms with van der Waals surface area (Å²) in [6.07, 6.45) is 0.0103. The van der Waals surface area contributed by atoms with E-state index in [2.05, 4.69) is 5.32 Å². The van der Waals surface area contributed by atoms with Crippen molar-refractivity contribution >= 4 is 34.4 Å². The van der Waals surface area contributed by atoms with E-state index in [0.29, 0.717) is 16.3 Å². The Bertz CT molecular complexity index is 411. The van der Waals surface area contributed by atoms with Crippen LogP contribution in [0.5, 0.6) is 5.75 Å². The molecule has 0 aromatic heterocycles. The van der Waals surface area contributed by atoms with Crippen molar-refractivity contribution in [2.24, 2.45) is 10.9 Å². The molecular formula is C10H15N3O2S2. The average molecular weight is 273 g/mol. The highest BCUT2D eigenvalue weighted by Crippen LogP contribution is 2.28. The minimum Gasteiger partial charge on any atom is -0.593 e. The zero-order chi connectivity index (χ0) is 13.0. The van der Waals surface area contributed by atoms with E-state index in [1.807, 2.05) is 13.8 Å². The van der Waals surface area contributed by atoms with Gasteiger partial charge in [0.15, 0.2) is 10.0 Å².